The Morgan fingerprint density at radius 2 is 1.90 bits per heavy atom. The van der Waals surface area contributed by atoms with E-state index in [1.54, 1.807) is 11.3 Å². The van der Waals surface area contributed by atoms with Crippen LogP contribution in [-0.4, -0.2) is 19.1 Å². The van der Waals surface area contributed by atoms with Gasteiger partial charge in [-0.05, 0) is 44.2 Å². The molecule has 2 aromatic rings. The number of rotatable bonds is 3. The van der Waals surface area contributed by atoms with Crippen molar-refractivity contribution >= 4 is 29.7 Å². The molecule has 0 aliphatic carbocycles. The molecule has 1 aromatic carbocycles. The summed E-state index contributed by atoms with van der Waals surface area (Å²) in [4.78, 5) is 6.67. The Labute approximate surface area is 124 Å². The van der Waals surface area contributed by atoms with Crippen LogP contribution in [0.25, 0.3) is 23.2 Å². The highest BCUT2D eigenvalue weighted by molar-refractivity contribution is 7.13. The lowest BCUT2D eigenvalue weighted by atomic mass is 10.2. The van der Waals surface area contributed by atoms with Crippen LogP contribution in [0.1, 0.15) is 13.8 Å². The third kappa shape index (κ3) is 3.17. The van der Waals surface area contributed by atoms with E-state index in [1.165, 1.54) is 11.3 Å². The first-order valence-electron chi connectivity index (χ1n) is 6.59. The van der Waals surface area contributed by atoms with E-state index in [9.17, 15) is 0 Å². The van der Waals surface area contributed by atoms with Crippen LogP contribution in [0, 0.1) is 0 Å². The normalized spacial score (nSPS) is 12.8. The third-order valence-electron chi connectivity index (χ3n) is 3.17. The first-order chi connectivity index (χ1) is 9.51. The summed E-state index contributed by atoms with van der Waals surface area (Å²) in [5, 5.41) is 1.87. The zero-order valence-electron chi connectivity index (χ0n) is 12.5. The molecular formula is C17H20N2S. The number of hydrogen-bond acceptors (Lipinski definition) is 3. The van der Waals surface area contributed by atoms with Gasteiger partial charge in [0, 0.05) is 25.3 Å². The van der Waals surface area contributed by atoms with Gasteiger partial charge < -0.3 is 4.90 Å². The Balaban J connectivity index is 2.42. The van der Waals surface area contributed by atoms with Gasteiger partial charge in [0.2, 0.25) is 0 Å². The van der Waals surface area contributed by atoms with Gasteiger partial charge in [0.25, 0.3) is 0 Å². The molecule has 20 heavy (non-hydrogen) atoms. The fourth-order valence-electron chi connectivity index (χ4n) is 1.79. The van der Waals surface area contributed by atoms with Crippen LogP contribution in [0.2, 0.25) is 0 Å². The van der Waals surface area contributed by atoms with Gasteiger partial charge in [-0.3, -0.25) is 0 Å². The lowest BCUT2D eigenvalue weighted by molar-refractivity contribution is 1.13. The van der Waals surface area contributed by atoms with Gasteiger partial charge in [-0.1, -0.05) is 18.2 Å². The molecule has 0 bridgehead atoms. The van der Waals surface area contributed by atoms with Gasteiger partial charge in [-0.15, -0.1) is 11.3 Å². The summed E-state index contributed by atoms with van der Waals surface area (Å²) in [5.74, 6) is 0. The second kappa shape index (κ2) is 6.06. The van der Waals surface area contributed by atoms with Gasteiger partial charge in [0.05, 0.1) is 9.88 Å². The summed E-state index contributed by atoms with van der Waals surface area (Å²) in [7, 11) is 4.08. The highest BCUT2D eigenvalue weighted by Crippen LogP contribution is 2.21. The molecule has 0 N–H and O–H groups in total. The fraction of sp³-hybridized carbons (Fsp3) is 0.235. The summed E-state index contributed by atoms with van der Waals surface area (Å²) in [6, 6.07) is 8.44. The maximum absolute atomic E-state index is 4.58. The van der Waals surface area contributed by atoms with Crippen LogP contribution in [0.4, 0.5) is 5.69 Å². The molecule has 0 radical (unpaired) electrons. The lowest BCUT2D eigenvalue weighted by Gasteiger charge is -2.11. The van der Waals surface area contributed by atoms with Crippen molar-refractivity contribution in [3.05, 3.63) is 45.8 Å². The average molecular weight is 284 g/mol. The molecule has 0 unspecified atom stereocenters. The van der Waals surface area contributed by atoms with E-state index in [0.717, 1.165) is 20.5 Å². The van der Waals surface area contributed by atoms with E-state index in [-0.39, 0.29) is 0 Å². The highest BCUT2D eigenvalue weighted by Gasteiger charge is 2.03. The molecule has 0 aliphatic heterocycles. The monoisotopic (exact) mass is 284 g/mol. The second-order valence-electron chi connectivity index (χ2n) is 4.95. The Kier molecular flexibility index (Phi) is 4.40. The van der Waals surface area contributed by atoms with Gasteiger partial charge in [0.15, 0.2) is 0 Å². The molecule has 1 heterocycles. The number of hydrogen-bond donors (Lipinski definition) is 0. The first kappa shape index (κ1) is 14.5. The molecule has 0 atom stereocenters. The summed E-state index contributed by atoms with van der Waals surface area (Å²) in [5.41, 5.74) is 3.56. The molecule has 1 aromatic heterocycles. The van der Waals surface area contributed by atoms with Crippen molar-refractivity contribution < 1.29 is 0 Å². The molecule has 0 spiro atoms. The molecule has 104 valence electrons. The minimum atomic E-state index is 0.850. The smallest absolute Gasteiger partial charge is 0.124 e. The maximum Gasteiger partial charge on any atom is 0.124 e. The molecule has 0 saturated carbocycles. The zero-order valence-corrected chi connectivity index (χ0v) is 13.3. The quantitative estimate of drug-likeness (QED) is 0.861. The van der Waals surface area contributed by atoms with Crippen molar-refractivity contribution in [3.8, 4) is 10.6 Å². The van der Waals surface area contributed by atoms with Gasteiger partial charge in [-0.25, -0.2) is 4.98 Å². The molecule has 0 aliphatic rings. The van der Waals surface area contributed by atoms with Crippen molar-refractivity contribution in [2.45, 2.75) is 13.8 Å². The number of benzene rings is 1. The minimum Gasteiger partial charge on any atom is -0.378 e. The minimum absolute atomic E-state index is 0.850. The van der Waals surface area contributed by atoms with Crippen LogP contribution >= 0.6 is 11.3 Å². The number of allylic oxidation sites excluding steroid dienone is 2. The van der Waals surface area contributed by atoms with Crippen LogP contribution in [-0.2, 0) is 0 Å². The highest BCUT2D eigenvalue weighted by atomic mass is 32.1. The Bertz CT molecular complexity index is 721. The maximum atomic E-state index is 4.58. The van der Waals surface area contributed by atoms with Gasteiger partial charge in [0.1, 0.15) is 5.01 Å². The number of thiazole rings is 1. The predicted octanol–water partition coefficient (Wildman–Crippen LogP) is 3.03. The molecule has 2 nitrogen and oxygen atoms in total. The third-order valence-corrected chi connectivity index (χ3v) is 4.27. The van der Waals surface area contributed by atoms with E-state index in [2.05, 4.69) is 59.8 Å². The largest absolute Gasteiger partial charge is 0.378 e. The summed E-state index contributed by atoms with van der Waals surface area (Å²) in [6.07, 6.45) is 4.22. The Morgan fingerprint density at radius 3 is 2.45 bits per heavy atom. The van der Waals surface area contributed by atoms with E-state index in [0.29, 0.717) is 0 Å². The molecule has 3 heteroatoms. The van der Waals surface area contributed by atoms with E-state index in [1.807, 2.05) is 21.0 Å². The van der Waals surface area contributed by atoms with Crippen LogP contribution in [0.5, 0.6) is 0 Å². The summed E-state index contributed by atoms with van der Waals surface area (Å²) >= 11 is 1.69. The standard InChI is InChI=1S/C17H20N2S/c1-6-12(2)11-16-13(3)18-17(20-16)14-7-9-15(10-8-14)19(4)5/h6-11H,3H2,1-2,4-5H3/b12-6-,16-11+. The molecule has 0 amide bonds. The average Bonchev–Trinajstić information content (AvgIpc) is 2.80. The molecule has 0 fully saturated rings. The number of nitrogens with zero attached hydrogens (tertiary/aromatic N) is 2. The van der Waals surface area contributed by atoms with Crippen molar-refractivity contribution in [3.63, 3.8) is 0 Å². The molecule has 0 saturated heterocycles. The van der Waals surface area contributed by atoms with Crippen molar-refractivity contribution in [2.24, 2.45) is 0 Å². The Hall–Kier alpha value is -1.87. The van der Waals surface area contributed by atoms with E-state index in [4.69, 9.17) is 0 Å². The number of anilines is 1. The van der Waals surface area contributed by atoms with Crippen LogP contribution < -0.4 is 14.8 Å². The van der Waals surface area contributed by atoms with E-state index < -0.39 is 0 Å². The van der Waals surface area contributed by atoms with E-state index >= 15 is 0 Å². The molecular weight excluding hydrogens is 264 g/mol. The topological polar surface area (TPSA) is 16.1 Å². The van der Waals surface area contributed by atoms with Crippen molar-refractivity contribution in [1.29, 1.82) is 0 Å². The van der Waals surface area contributed by atoms with Crippen LogP contribution in [0.3, 0.4) is 0 Å². The fourth-order valence-corrected chi connectivity index (χ4v) is 2.82. The zero-order chi connectivity index (χ0) is 14.7. The van der Waals surface area contributed by atoms with Crippen molar-refractivity contribution in [1.82, 2.24) is 4.98 Å². The number of aromatic nitrogens is 1. The lowest BCUT2D eigenvalue weighted by Crippen LogP contribution is -2.18. The predicted molar refractivity (Wildman–Crippen MR) is 90.5 cm³/mol. The van der Waals surface area contributed by atoms with Gasteiger partial charge >= 0.3 is 0 Å². The SMILES string of the molecule is C=c1nc(-c2ccc(N(C)C)cc2)s/c1=C/C(C)=C\C. The first-order valence-corrected chi connectivity index (χ1v) is 7.41. The Morgan fingerprint density at radius 1 is 1.25 bits per heavy atom. The summed E-state index contributed by atoms with van der Waals surface area (Å²) in [6.45, 7) is 8.16. The second-order valence-corrected chi connectivity index (χ2v) is 5.98. The molecule has 2 rings (SSSR count). The van der Waals surface area contributed by atoms with Crippen molar-refractivity contribution in [2.75, 3.05) is 19.0 Å². The van der Waals surface area contributed by atoms with Crippen LogP contribution in [0.15, 0.2) is 35.9 Å². The summed E-state index contributed by atoms with van der Waals surface area (Å²) < 4.78 is 1.13. The van der Waals surface area contributed by atoms with Gasteiger partial charge in [-0.2, -0.15) is 0 Å².